The maximum Gasteiger partial charge on any atom is 0.263 e. The zero-order chi connectivity index (χ0) is 18.6. The normalized spacial score (nSPS) is 17.6. The minimum atomic E-state index is -0.527. The Bertz CT molecular complexity index is 788. The van der Waals surface area contributed by atoms with E-state index in [4.69, 9.17) is 14.2 Å². The minimum absolute atomic E-state index is 0.0337. The molecule has 1 atom stereocenters. The fraction of sp³-hybridized carbons (Fsp3) is 0.381. The Morgan fingerprint density at radius 1 is 1.11 bits per heavy atom. The van der Waals surface area contributed by atoms with E-state index in [9.17, 15) is 4.79 Å². The highest BCUT2D eigenvalue weighted by molar-refractivity contribution is 5.81. The highest BCUT2D eigenvalue weighted by Crippen LogP contribution is 2.35. The van der Waals surface area contributed by atoms with Crippen molar-refractivity contribution in [1.82, 2.24) is 4.90 Å². The molecular weight excluding hydrogens is 344 g/mol. The van der Waals surface area contributed by atoms with Crippen LogP contribution in [0.25, 0.3) is 0 Å². The summed E-state index contributed by atoms with van der Waals surface area (Å²) in [6.45, 7) is 6.46. The molecule has 2 aromatic rings. The van der Waals surface area contributed by atoms with Gasteiger partial charge in [-0.15, -0.1) is 0 Å². The molecule has 1 fully saturated rings. The highest BCUT2D eigenvalue weighted by atomic mass is 16.7. The maximum absolute atomic E-state index is 12.7. The van der Waals surface area contributed by atoms with Gasteiger partial charge in [-0.1, -0.05) is 30.3 Å². The van der Waals surface area contributed by atoms with Crippen LogP contribution in [0, 0.1) is 0 Å². The van der Waals surface area contributed by atoms with Gasteiger partial charge in [0.1, 0.15) is 12.3 Å². The Kier molecular flexibility index (Phi) is 5.16. The fourth-order valence-corrected chi connectivity index (χ4v) is 3.57. The molecule has 1 N–H and O–H groups in total. The molecule has 1 amide bonds. The lowest BCUT2D eigenvalue weighted by Crippen LogP contribution is -3.13. The maximum atomic E-state index is 12.7. The molecule has 0 aliphatic carbocycles. The number of benzene rings is 2. The second-order valence-electron chi connectivity index (χ2n) is 7.01. The van der Waals surface area contributed by atoms with Crippen LogP contribution in [0.2, 0.25) is 0 Å². The van der Waals surface area contributed by atoms with Gasteiger partial charge in [0.15, 0.2) is 17.6 Å². The van der Waals surface area contributed by atoms with E-state index in [-0.39, 0.29) is 12.7 Å². The topological polar surface area (TPSA) is 52.4 Å². The van der Waals surface area contributed by atoms with E-state index in [2.05, 4.69) is 24.3 Å². The van der Waals surface area contributed by atoms with Crippen LogP contribution >= 0.6 is 0 Å². The van der Waals surface area contributed by atoms with Gasteiger partial charge in [0, 0.05) is 11.6 Å². The number of quaternary nitrogens is 1. The van der Waals surface area contributed by atoms with Crippen LogP contribution in [0.15, 0.2) is 48.5 Å². The number of carbonyl (C=O) groups excluding carboxylic acids is 1. The highest BCUT2D eigenvalue weighted by Gasteiger charge is 2.28. The van der Waals surface area contributed by atoms with Crippen LogP contribution in [0.5, 0.6) is 17.2 Å². The Morgan fingerprint density at radius 2 is 1.85 bits per heavy atom. The molecule has 2 aromatic carbocycles. The average molecular weight is 369 g/mol. The largest absolute Gasteiger partial charge is 0.481 e. The molecule has 2 aliphatic heterocycles. The van der Waals surface area contributed by atoms with Crippen LogP contribution in [-0.4, -0.2) is 49.9 Å². The predicted octanol–water partition coefficient (Wildman–Crippen LogP) is 1.11. The number of rotatable bonds is 5. The SMILES string of the molecule is C[C@H](Oc1ccc2c(c1)OCO2)C(=O)N1CC[NH+](Cc2ccccc2)CC1. The van der Waals surface area contributed by atoms with E-state index in [0.29, 0.717) is 17.2 Å². The molecule has 6 heteroatoms. The van der Waals surface area contributed by atoms with Gasteiger partial charge in [-0.25, -0.2) is 0 Å². The molecule has 0 spiro atoms. The van der Waals surface area contributed by atoms with Gasteiger partial charge in [0.2, 0.25) is 6.79 Å². The second-order valence-corrected chi connectivity index (χ2v) is 7.01. The Labute approximate surface area is 159 Å². The molecule has 6 nitrogen and oxygen atoms in total. The minimum Gasteiger partial charge on any atom is -0.481 e. The molecular formula is C21H25N2O4+. The first-order chi connectivity index (χ1) is 13.2. The molecule has 0 unspecified atom stereocenters. The van der Waals surface area contributed by atoms with Crippen molar-refractivity contribution in [3.8, 4) is 17.2 Å². The molecule has 142 valence electrons. The van der Waals surface area contributed by atoms with E-state index < -0.39 is 6.10 Å². The van der Waals surface area contributed by atoms with E-state index in [1.165, 1.54) is 10.5 Å². The number of piperazine rings is 1. The van der Waals surface area contributed by atoms with Crippen molar-refractivity contribution in [2.24, 2.45) is 0 Å². The van der Waals surface area contributed by atoms with Crippen molar-refractivity contribution < 1.29 is 23.9 Å². The lowest BCUT2D eigenvalue weighted by Gasteiger charge is -2.33. The van der Waals surface area contributed by atoms with Gasteiger partial charge in [0.05, 0.1) is 26.2 Å². The number of carbonyl (C=O) groups is 1. The van der Waals surface area contributed by atoms with Gasteiger partial charge < -0.3 is 24.0 Å². The van der Waals surface area contributed by atoms with Gasteiger partial charge in [-0.2, -0.15) is 0 Å². The number of nitrogens with zero attached hydrogens (tertiary/aromatic N) is 1. The Hall–Kier alpha value is -2.73. The van der Waals surface area contributed by atoms with Crippen molar-refractivity contribution in [1.29, 1.82) is 0 Å². The van der Waals surface area contributed by atoms with Crippen molar-refractivity contribution in [2.75, 3.05) is 33.0 Å². The van der Waals surface area contributed by atoms with Crippen LogP contribution < -0.4 is 19.1 Å². The third kappa shape index (κ3) is 4.17. The standard InChI is InChI=1S/C21H24N2O4/c1-16(27-18-7-8-19-20(13-18)26-15-25-19)21(24)23-11-9-22(10-12-23)14-17-5-3-2-4-6-17/h2-8,13,16H,9-12,14-15H2,1H3/p+1/t16-/m0/s1. The first kappa shape index (κ1) is 17.7. The van der Waals surface area contributed by atoms with Crippen molar-refractivity contribution in [2.45, 2.75) is 19.6 Å². The summed E-state index contributed by atoms with van der Waals surface area (Å²) in [6, 6.07) is 15.9. The van der Waals surface area contributed by atoms with Gasteiger partial charge in [-0.05, 0) is 19.1 Å². The predicted molar refractivity (Wildman–Crippen MR) is 100 cm³/mol. The molecule has 0 radical (unpaired) electrons. The summed E-state index contributed by atoms with van der Waals surface area (Å²) in [5.74, 6) is 2.02. The number of hydrogen-bond acceptors (Lipinski definition) is 4. The molecule has 27 heavy (non-hydrogen) atoms. The molecule has 0 bridgehead atoms. The zero-order valence-corrected chi connectivity index (χ0v) is 15.5. The van der Waals surface area contributed by atoms with Crippen LogP contribution in [0.3, 0.4) is 0 Å². The number of fused-ring (bicyclic) bond motifs is 1. The first-order valence-corrected chi connectivity index (χ1v) is 9.41. The smallest absolute Gasteiger partial charge is 0.263 e. The summed E-state index contributed by atoms with van der Waals surface area (Å²) in [5, 5.41) is 0. The van der Waals surface area contributed by atoms with Crippen molar-refractivity contribution in [3.05, 3.63) is 54.1 Å². The molecule has 2 heterocycles. The third-order valence-electron chi connectivity index (χ3n) is 5.08. The van der Waals surface area contributed by atoms with Gasteiger partial charge >= 0.3 is 0 Å². The Morgan fingerprint density at radius 3 is 2.63 bits per heavy atom. The molecule has 0 aromatic heterocycles. The number of ether oxygens (including phenoxy) is 3. The molecule has 2 aliphatic rings. The zero-order valence-electron chi connectivity index (χ0n) is 15.5. The van der Waals surface area contributed by atoms with E-state index in [0.717, 1.165) is 32.7 Å². The summed E-state index contributed by atoms with van der Waals surface area (Å²) in [5.41, 5.74) is 1.34. The van der Waals surface area contributed by atoms with Gasteiger partial charge in [-0.3, -0.25) is 4.79 Å². The summed E-state index contributed by atoms with van der Waals surface area (Å²) in [4.78, 5) is 16.2. The number of hydrogen-bond donors (Lipinski definition) is 1. The quantitative estimate of drug-likeness (QED) is 0.858. The molecule has 1 saturated heterocycles. The lowest BCUT2D eigenvalue weighted by atomic mass is 10.2. The molecule has 4 rings (SSSR count). The fourth-order valence-electron chi connectivity index (χ4n) is 3.57. The van der Waals surface area contributed by atoms with Crippen LogP contribution in [-0.2, 0) is 11.3 Å². The van der Waals surface area contributed by atoms with Crippen molar-refractivity contribution in [3.63, 3.8) is 0 Å². The Balaban J connectivity index is 1.28. The van der Waals surface area contributed by atoms with Crippen LogP contribution in [0.4, 0.5) is 0 Å². The summed E-state index contributed by atoms with van der Waals surface area (Å²) < 4.78 is 16.5. The second kappa shape index (κ2) is 7.88. The summed E-state index contributed by atoms with van der Waals surface area (Å²) in [7, 11) is 0. The monoisotopic (exact) mass is 369 g/mol. The first-order valence-electron chi connectivity index (χ1n) is 9.41. The third-order valence-corrected chi connectivity index (χ3v) is 5.08. The van der Waals surface area contributed by atoms with E-state index in [1.807, 2.05) is 11.0 Å². The number of nitrogens with one attached hydrogen (secondary N) is 1. The van der Waals surface area contributed by atoms with Gasteiger partial charge in [0.25, 0.3) is 5.91 Å². The molecule has 0 saturated carbocycles. The summed E-state index contributed by atoms with van der Waals surface area (Å²) in [6.07, 6.45) is -0.527. The van der Waals surface area contributed by atoms with E-state index >= 15 is 0 Å². The van der Waals surface area contributed by atoms with Crippen molar-refractivity contribution >= 4 is 5.91 Å². The average Bonchev–Trinajstić information content (AvgIpc) is 3.16. The van der Waals surface area contributed by atoms with E-state index in [1.54, 1.807) is 25.1 Å². The van der Waals surface area contributed by atoms with Crippen LogP contribution in [0.1, 0.15) is 12.5 Å². The number of amides is 1. The summed E-state index contributed by atoms with van der Waals surface area (Å²) >= 11 is 0. The lowest BCUT2D eigenvalue weighted by molar-refractivity contribution is -0.917.